The van der Waals surface area contributed by atoms with E-state index in [-0.39, 0.29) is 56.4 Å². The molecular formula is C28H31N2O+. The quantitative estimate of drug-likeness (QED) is 0.244. The van der Waals surface area contributed by atoms with E-state index in [4.69, 9.17) is 22.0 Å². The van der Waals surface area contributed by atoms with Crippen LogP contribution in [0.25, 0.3) is 38.0 Å². The zero-order valence-electron chi connectivity index (χ0n) is 27.6. The zero-order valence-corrected chi connectivity index (χ0v) is 18.6. The second kappa shape index (κ2) is 7.24. The molecule has 0 saturated carbocycles. The second-order valence-electron chi connectivity index (χ2n) is 8.92. The van der Waals surface area contributed by atoms with Gasteiger partial charge in [-0.2, -0.15) is 4.57 Å². The maximum absolute atomic E-state index is 9.31. The van der Waals surface area contributed by atoms with Crippen LogP contribution in [0.3, 0.4) is 0 Å². The van der Waals surface area contributed by atoms with E-state index in [9.17, 15) is 1.37 Å². The van der Waals surface area contributed by atoms with E-state index in [1.165, 1.54) is 6.07 Å². The lowest BCUT2D eigenvalue weighted by Gasteiger charge is -2.20. The van der Waals surface area contributed by atoms with Crippen LogP contribution in [-0.4, -0.2) is 0 Å². The van der Waals surface area contributed by atoms with Gasteiger partial charge < -0.3 is 4.42 Å². The molecule has 0 amide bonds. The number of hydrogen-bond donors (Lipinski definition) is 0. The summed E-state index contributed by atoms with van der Waals surface area (Å²) in [5.74, 6) is 0. The summed E-state index contributed by atoms with van der Waals surface area (Å²) in [5, 5.41) is 0.713. The Hall–Kier alpha value is -3.12. The maximum Gasteiger partial charge on any atom is 0.216 e. The topological polar surface area (TPSA) is 21.4 Å². The Kier molecular flexibility index (Phi) is 2.96. The van der Waals surface area contributed by atoms with Crippen molar-refractivity contribution in [2.75, 3.05) is 0 Å². The standard InChI is InChI=1S/C28H31N2O/c1-16-10-11-21-26-18(3)22(29-8)12-13-24(26)31-27(21)25(16)23-14-20(15-28(5,6)7)17(2)19(4)30(23)9/h10-14H,15H2,1-7,9H3/q+1/i2D3,3D3,14D,15D2. The molecule has 0 radical (unpaired) electrons. The number of pyridine rings is 1. The highest BCUT2D eigenvalue weighted by molar-refractivity contribution is 6.12. The van der Waals surface area contributed by atoms with E-state index >= 15 is 0 Å². The summed E-state index contributed by atoms with van der Waals surface area (Å²) >= 11 is 0. The van der Waals surface area contributed by atoms with Crippen molar-refractivity contribution in [3.05, 3.63) is 69.7 Å². The van der Waals surface area contributed by atoms with Crippen molar-refractivity contribution in [1.29, 1.82) is 0 Å². The number of furan rings is 1. The van der Waals surface area contributed by atoms with Crippen LogP contribution in [0.15, 0.2) is 34.7 Å². The average Bonchev–Trinajstić information content (AvgIpc) is 3.17. The van der Waals surface area contributed by atoms with Crippen molar-refractivity contribution in [2.45, 2.75) is 54.7 Å². The van der Waals surface area contributed by atoms with Crippen LogP contribution in [0.5, 0.6) is 0 Å². The number of aryl methyl sites for hydroxylation is 2. The molecular weight excluding hydrogens is 380 g/mol. The molecule has 2 aromatic carbocycles. The van der Waals surface area contributed by atoms with Crippen molar-refractivity contribution in [1.82, 2.24) is 0 Å². The number of benzene rings is 2. The van der Waals surface area contributed by atoms with Gasteiger partial charge in [0, 0.05) is 40.3 Å². The Morgan fingerprint density at radius 3 is 2.55 bits per heavy atom. The molecule has 31 heavy (non-hydrogen) atoms. The van der Waals surface area contributed by atoms with Gasteiger partial charge in [-0.15, -0.1) is 0 Å². The Morgan fingerprint density at radius 2 is 1.90 bits per heavy atom. The molecule has 0 N–H and O–H groups in total. The lowest BCUT2D eigenvalue weighted by Crippen LogP contribution is -2.36. The van der Waals surface area contributed by atoms with Crippen molar-refractivity contribution in [3.8, 4) is 11.3 Å². The maximum atomic E-state index is 9.31. The van der Waals surface area contributed by atoms with Crippen LogP contribution in [0, 0.1) is 39.5 Å². The summed E-state index contributed by atoms with van der Waals surface area (Å²) in [6.45, 7) is 10.6. The number of fused-ring (bicyclic) bond motifs is 3. The Morgan fingerprint density at radius 1 is 1.16 bits per heavy atom. The normalized spacial score (nSPS) is 17.5. The first kappa shape index (κ1) is 12.7. The predicted octanol–water partition coefficient (Wildman–Crippen LogP) is 7.45. The van der Waals surface area contributed by atoms with Crippen LogP contribution >= 0.6 is 0 Å². The van der Waals surface area contributed by atoms with Crippen molar-refractivity contribution < 1.29 is 21.3 Å². The largest absolute Gasteiger partial charge is 0.455 e. The highest BCUT2D eigenvalue weighted by Crippen LogP contribution is 2.41. The molecule has 0 atom stereocenters. The molecule has 0 spiro atoms. The van der Waals surface area contributed by atoms with Gasteiger partial charge in [0.2, 0.25) is 5.69 Å². The first-order valence-electron chi connectivity index (χ1n) is 14.6. The molecule has 4 aromatic rings. The van der Waals surface area contributed by atoms with Gasteiger partial charge >= 0.3 is 0 Å². The Bertz CT molecular complexity index is 1730. The van der Waals surface area contributed by atoms with Gasteiger partial charge in [0.25, 0.3) is 0 Å². The lowest BCUT2D eigenvalue weighted by molar-refractivity contribution is -0.667. The van der Waals surface area contributed by atoms with Gasteiger partial charge in [-0.25, -0.2) is 4.85 Å². The fourth-order valence-corrected chi connectivity index (χ4v) is 3.89. The van der Waals surface area contributed by atoms with E-state index in [2.05, 4.69) is 4.85 Å². The predicted molar refractivity (Wildman–Crippen MR) is 129 cm³/mol. The Labute approximate surface area is 197 Å². The molecule has 2 aromatic heterocycles. The minimum Gasteiger partial charge on any atom is -0.455 e. The smallest absolute Gasteiger partial charge is 0.216 e. The van der Waals surface area contributed by atoms with Gasteiger partial charge in [0.05, 0.1) is 13.5 Å². The first-order valence-corrected chi connectivity index (χ1v) is 10.1. The van der Waals surface area contributed by atoms with Gasteiger partial charge in [-0.1, -0.05) is 39.0 Å². The molecule has 0 unspecified atom stereocenters. The molecule has 0 aliphatic heterocycles. The lowest BCUT2D eigenvalue weighted by atomic mass is 9.85. The highest BCUT2D eigenvalue weighted by Gasteiger charge is 2.26. The summed E-state index contributed by atoms with van der Waals surface area (Å²) in [6.07, 6.45) is -2.20. The third-order valence-corrected chi connectivity index (χ3v) is 5.54. The molecule has 2 heterocycles. The monoisotopic (exact) mass is 420 g/mol. The van der Waals surface area contributed by atoms with Crippen molar-refractivity contribution in [2.24, 2.45) is 12.5 Å². The van der Waals surface area contributed by atoms with Crippen LogP contribution in [0.1, 0.15) is 61.1 Å². The van der Waals surface area contributed by atoms with E-state index in [1.54, 1.807) is 64.4 Å². The highest BCUT2D eigenvalue weighted by atomic mass is 16.3. The van der Waals surface area contributed by atoms with Gasteiger partial charge in [0.1, 0.15) is 18.2 Å². The van der Waals surface area contributed by atoms with Crippen LogP contribution in [0.2, 0.25) is 0 Å². The second-order valence-corrected chi connectivity index (χ2v) is 8.92. The molecule has 0 fully saturated rings. The van der Waals surface area contributed by atoms with E-state index in [0.717, 1.165) is 0 Å². The average molecular weight is 421 g/mol. The summed E-state index contributed by atoms with van der Waals surface area (Å²) in [4.78, 5) is 3.43. The number of rotatable bonds is 2. The minimum absolute atomic E-state index is 0.0115. The molecule has 4 rings (SSSR count). The van der Waals surface area contributed by atoms with E-state index < -0.39 is 25.5 Å². The van der Waals surface area contributed by atoms with Crippen molar-refractivity contribution >= 4 is 27.6 Å². The van der Waals surface area contributed by atoms with Crippen LogP contribution in [-0.2, 0) is 13.4 Å². The third-order valence-electron chi connectivity index (χ3n) is 5.54. The first-order chi connectivity index (χ1) is 18.2. The zero-order chi connectivity index (χ0) is 30.3. The minimum atomic E-state index is -2.69. The van der Waals surface area contributed by atoms with Gasteiger partial charge in [-0.05, 0) is 55.2 Å². The molecule has 3 heteroatoms. The summed E-state index contributed by atoms with van der Waals surface area (Å²) in [5.41, 5.74) is 0.555. The molecule has 0 saturated heterocycles. The Balaban J connectivity index is 2.28. The fourth-order valence-electron chi connectivity index (χ4n) is 3.89. The molecule has 0 bridgehead atoms. The van der Waals surface area contributed by atoms with Gasteiger partial charge in [0.15, 0.2) is 11.4 Å². The SMILES string of the molecule is [2H]c1c(C([2H])([2H])C(C)(C)C)c(C([2H])([2H])[2H])c(C)[n+](C)c1-c1c(C)ccc2c1oc1ccc([N+]#[C-])c(C([2H])([2H])[2H])c12. The summed E-state index contributed by atoms with van der Waals surface area (Å²) < 4.78 is 84.3. The number of aromatic nitrogens is 1. The molecule has 0 aliphatic carbocycles. The summed E-state index contributed by atoms with van der Waals surface area (Å²) in [7, 11) is 1.63. The molecule has 3 nitrogen and oxygen atoms in total. The van der Waals surface area contributed by atoms with Gasteiger partial charge in [-0.3, -0.25) is 0 Å². The fraction of sp³-hybridized carbons (Fsp3) is 0.357. The van der Waals surface area contributed by atoms with Crippen LogP contribution in [0.4, 0.5) is 5.69 Å². The van der Waals surface area contributed by atoms with E-state index in [0.29, 0.717) is 16.5 Å². The van der Waals surface area contributed by atoms with E-state index in [1.807, 2.05) is 0 Å². The third kappa shape index (κ3) is 3.41. The number of hydrogen-bond acceptors (Lipinski definition) is 1. The summed E-state index contributed by atoms with van der Waals surface area (Å²) in [6, 6.07) is 6.14. The number of nitrogens with zero attached hydrogens (tertiary/aromatic N) is 2. The van der Waals surface area contributed by atoms with Crippen LogP contribution < -0.4 is 4.57 Å². The molecule has 158 valence electrons. The van der Waals surface area contributed by atoms with Crippen molar-refractivity contribution in [3.63, 3.8) is 0 Å². The molecule has 0 aliphatic rings.